The number of hydrogen-bond acceptors (Lipinski definition) is 9. The Morgan fingerprint density at radius 2 is 2.00 bits per heavy atom. The van der Waals surface area contributed by atoms with Gasteiger partial charge in [-0.3, -0.25) is 4.79 Å². The number of nitrogens with zero attached hydrogens (tertiary/aromatic N) is 8. The quantitative estimate of drug-likeness (QED) is 0.332. The number of alkyl halides is 2. The van der Waals surface area contributed by atoms with Crippen LogP contribution >= 0.6 is 11.3 Å². The summed E-state index contributed by atoms with van der Waals surface area (Å²) < 4.78 is 33.6. The number of carbonyl (C=O) groups excluding carboxylic acids is 1. The minimum atomic E-state index is -2.65. The van der Waals surface area contributed by atoms with E-state index in [0.29, 0.717) is 40.7 Å². The number of pyridine rings is 1. The first-order valence-corrected chi connectivity index (χ1v) is 12.9. The van der Waals surface area contributed by atoms with Crippen LogP contribution in [0, 0.1) is 13.8 Å². The largest absolute Gasteiger partial charge is 0.361 e. The molecule has 5 aromatic rings. The summed E-state index contributed by atoms with van der Waals surface area (Å²) in [7, 11) is 0. The van der Waals surface area contributed by atoms with Crippen LogP contribution in [0.15, 0.2) is 35.4 Å². The Kier molecular flexibility index (Phi) is 6.18. The second-order valence-corrected chi connectivity index (χ2v) is 10.3. The molecule has 1 saturated carbocycles. The molecule has 0 aliphatic heterocycles. The van der Waals surface area contributed by atoms with Crippen molar-refractivity contribution in [3.05, 3.63) is 52.2 Å². The van der Waals surface area contributed by atoms with E-state index in [1.807, 2.05) is 19.9 Å². The van der Waals surface area contributed by atoms with Gasteiger partial charge in [0, 0.05) is 24.3 Å². The smallest absolute Gasteiger partial charge is 0.280 e. The van der Waals surface area contributed by atoms with Gasteiger partial charge in [0.1, 0.15) is 17.1 Å². The topological polar surface area (TPSA) is 129 Å². The van der Waals surface area contributed by atoms with Crippen molar-refractivity contribution in [3.8, 4) is 17.2 Å². The highest BCUT2D eigenvalue weighted by atomic mass is 32.1. The van der Waals surface area contributed by atoms with E-state index in [0.717, 1.165) is 42.2 Å². The molecule has 1 N–H and O–H groups in total. The van der Waals surface area contributed by atoms with Crippen molar-refractivity contribution >= 4 is 28.3 Å². The Morgan fingerprint density at radius 3 is 2.71 bits per heavy atom. The van der Waals surface area contributed by atoms with E-state index in [4.69, 9.17) is 9.51 Å². The molecule has 14 heteroatoms. The molecular weight excluding hydrogens is 516 g/mol. The molecule has 0 saturated heterocycles. The number of thiazole rings is 1. The van der Waals surface area contributed by atoms with Gasteiger partial charge in [0.25, 0.3) is 12.3 Å². The molecule has 0 aromatic carbocycles. The van der Waals surface area contributed by atoms with Gasteiger partial charge in [-0.1, -0.05) is 5.16 Å². The van der Waals surface area contributed by atoms with E-state index < -0.39 is 12.3 Å². The summed E-state index contributed by atoms with van der Waals surface area (Å²) in [6, 6.07) is 1.72. The Morgan fingerprint density at radius 1 is 1.18 bits per heavy atom. The lowest BCUT2D eigenvalue weighted by Crippen LogP contribution is -2.39. The van der Waals surface area contributed by atoms with Gasteiger partial charge in [0.2, 0.25) is 0 Å². The molecule has 1 aliphatic rings. The molecule has 196 valence electrons. The summed E-state index contributed by atoms with van der Waals surface area (Å²) in [6.45, 7) is 3.72. The highest BCUT2D eigenvalue weighted by molar-refractivity contribution is 7.13. The zero-order valence-corrected chi connectivity index (χ0v) is 21.3. The van der Waals surface area contributed by atoms with Crippen LogP contribution in [-0.4, -0.2) is 51.6 Å². The molecule has 1 fully saturated rings. The van der Waals surface area contributed by atoms with E-state index in [1.54, 1.807) is 18.6 Å². The fourth-order valence-corrected chi connectivity index (χ4v) is 5.72. The van der Waals surface area contributed by atoms with Gasteiger partial charge in [-0.25, -0.2) is 23.7 Å². The predicted octanol–water partition coefficient (Wildman–Crippen LogP) is 4.59. The molecule has 1 unspecified atom stereocenters. The second kappa shape index (κ2) is 9.67. The zero-order valence-electron chi connectivity index (χ0n) is 20.5. The summed E-state index contributed by atoms with van der Waals surface area (Å²) in [4.78, 5) is 27.3. The Bertz CT molecular complexity index is 1590. The number of halogens is 2. The number of imidazole rings is 1. The van der Waals surface area contributed by atoms with Gasteiger partial charge in [0.05, 0.1) is 40.2 Å². The Balaban J connectivity index is 1.37. The molecule has 6 rings (SSSR count). The van der Waals surface area contributed by atoms with Crippen molar-refractivity contribution in [2.45, 2.75) is 58.0 Å². The third kappa shape index (κ3) is 4.34. The Hall–Kier alpha value is -4.07. The summed E-state index contributed by atoms with van der Waals surface area (Å²) in [6.07, 6.45) is 6.37. The molecule has 0 radical (unpaired) electrons. The minimum absolute atomic E-state index is 0.0171. The van der Waals surface area contributed by atoms with E-state index in [-0.39, 0.29) is 22.0 Å². The van der Waals surface area contributed by atoms with Crippen LogP contribution in [0.1, 0.15) is 64.3 Å². The fourth-order valence-electron chi connectivity index (χ4n) is 5.05. The molecule has 1 aliphatic carbocycles. The number of carbonyl (C=O) groups is 1. The summed E-state index contributed by atoms with van der Waals surface area (Å²) >= 11 is 0.715. The molecule has 5 aromatic heterocycles. The predicted molar refractivity (Wildman–Crippen MR) is 133 cm³/mol. The maximum atomic E-state index is 13.0. The van der Waals surface area contributed by atoms with Gasteiger partial charge < -0.3 is 14.4 Å². The van der Waals surface area contributed by atoms with E-state index >= 15 is 0 Å². The zero-order chi connectivity index (χ0) is 26.4. The first-order valence-electron chi connectivity index (χ1n) is 12.1. The van der Waals surface area contributed by atoms with Crippen molar-refractivity contribution in [1.82, 2.24) is 45.0 Å². The lowest BCUT2D eigenvalue weighted by atomic mass is 9.90. The van der Waals surface area contributed by atoms with Crippen molar-refractivity contribution in [2.75, 3.05) is 0 Å². The summed E-state index contributed by atoms with van der Waals surface area (Å²) in [5, 5.41) is 15.6. The molecule has 0 bridgehead atoms. The standard InChI is InChI=1S/C24H23F2N9O2S/c1-12-20(13(2)37-33-12)22-32-16-10-27-19(35-29-6-7-30-35)9-17(16)34(22)15-5-3-4-14(8-15)31-23(36)24-28-11-18(38-24)21(25)26/h6-7,9-11,14-15,21H,3-5,8H2,1-2H3,(H,31,36)/t14?,15-/m1/s1. The third-order valence-corrected chi connectivity index (χ3v) is 7.73. The molecule has 38 heavy (non-hydrogen) atoms. The van der Waals surface area contributed by atoms with Crippen molar-refractivity contribution in [3.63, 3.8) is 0 Å². The molecule has 0 spiro atoms. The first kappa shape index (κ1) is 24.3. The van der Waals surface area contributed by atoms with Crippen LogP contribution in [0.2, 0.25) is 0 Å². The minimum Gasteiger partial charge on any atom is -0.361 e. The van der Waals surface area contributed by atoms with Crippen molar-refractivity contribution in [2.24, 2.45) is 0 Å². The van der Waals surface area contributed by atoms with E-state index in [9.17, 15) is 13.6 Å². The first-order chi connectivity index (χ1) is 18.4. The average molecular weight is 540 g/mol. The number of rotatable bonds is 6. The summed E-state index contributed by atoms with van der Waals surface area (Å²) in [5.74, 6) is 1.47. The van der Waals surface area contributed by atoms with Gasteiger partial charge in [-0.05, 0) is 39.5 Å². The van der Waals surface area contributed by atoms with Crippen LogP contribution in [0.3, 0.4) is 0 Å². The van der Waals surface area contributed by atoms with Crippen molar-refractivity contribution in [1.29, 1.82) is 0 Å². The number of hydrogen-bond donors (Lipinski definition) is 1. The number of aryl methyl sites for hydroxylation is 2. The van der Waals surface area contributed by atoms with Crippen LogP contribution in [-0.2, 0) is 0 Å². The molecule has 11 nitrogen and oxygen atoms in total. The third-order valence-electron chi connectivity index (χ3n) is 6.72. The maximum Gasteiger partial charge on any atom is 0.280 e. The van der Waals surface area contributed by atoms with E-state index in [2.05, 4.69) is 35.2 Å². The van der Waals surface area contributed by atoms with Crippen LogP contribution < -0.4 is 5.32 Å². The van der Waals surface area contributed by atoms with Crippen LogP contribution in [0.25, 0.3) is 28.2 Å². The number of fused-ring (bicyclic) bond motifs is 1. The number of aromatic nitrogens is 8. The molecular formula is C24H23F2N9O2S. The van der Waals surface area contributed by atoms with Gasteiger partial charge in [-0.2, -0.15) is 10.2 Å². The van der Waals surface area contributed by atoms with E-state index in [1.165, 1.54) is 4.80 Å². The normalized spacial score (nSPS) is 17.9. The van der Waals surface area contributed by atoms with Crippen LogP contribution in [0.5, 0.6) is 0 Å². The maximum absolute atomic E-state index is 13.0. The van der Waals surface area contributed by atoms with Gasteiger partial charge >= 0.3 is 0 Å². The molecule has 2 atom stereocenters. The number of nitrogens with one attached hydrogen (secondary N) is 1. The monoisotopic (exact) mass is 539 g/mol. The fraction of sp³-hybridized carbons (Fsp3) is 0.375. The number of amides is 1. The lowest BCUT2D eigenvalue weighted by molar-refractivity contribution is 0.0920. The SMILES string of the molecule is Cc1noc(C)c1-c1nc2cnc(-n3nccn3)cc2n1[C@@H]1CCCC(NC(=O)c2ncc(C(F)F)s2)C1. The Labute approximate surface area is 218 Å². The second-order valence-electron chi connectivity index (χ2n) is 9.21. The van der Waals surface area contributed by atoms with Gasteiger partial charge in [0.15, 0.2) is 10.8 Å². The summed E-state index contributed by atoms with van der Waals surface area (Å²) in [5.41, 5.74) is 3.08. The molecule has 5 heterocycles. The lowest BCUT2D eigenvalue weighted by Gasteiger charge is -2.31. The van der Waals surface area contributed by atoms with Crippen LogP contribution in [0.4, 0.5) is 8.78 Å². The average Bonchev–Trinajstić information content (AvgIpc) is 3.70. The highest BCUT2D eigenvalue weighted by Crippen LogP contribution is 2.38. The molecule has 1 amide bonds. The highest BCUT2D eigenvalue weighted by Gasteiger charge is 2.31. The van der Waals surface area contributed by atoms with Gasteiger partial charge in [-0.15, -0.1) is 16.1 Å². The van der Waals surface area contributed by atoms with Crippen molar-refractivity contribution < 1.29 is 18.1 Å².